The second-order valence-corrected chi connectivity index (χ2v) is 5.01. The number of piperazine rings is 1. The van der Waals surface area contributed by atoms with Gasteiger partial charge in [0.05, 0.1) is 26.4 Å². The average molecular weight is 254 g/mol. The number of hydrogen-bond donors (Lipinski definition) is 0. The smallest absolute Gasteiger partial charge is 0.254 e. The number of carbonyl (C=O) groups is 2. The van der Waals surface area contributed by atoms with E-state index in [-0.39, 0.29) is 18.4 Å². The Morgan fingerprint density at radius 1 is 1.22 bits per heavy atom. The third-order valence-electron chi connectivity index (χ3n) is 3.65. The fraction of sp³-hybridized carbons (Fsp3) is 0.833. The predicted molar refractivity (Wildman–Crippen MR) is 61.9 cm³/mol. The molecule has 1 atom stereocenters. The van der Waals surface area contributed by atoms with Gasteiger partial charge in [-0.3, -0.25) is 9.59 Å². The van der Waals surface area contributed by atoms with Crippen LogP contribution in [0.15, 0.2) is 0 Å². The number of rotatable bonds is 2. The molecule has 2 heterocycles. The second kappa shape index (κ2) is 4.85. The standard InChI is InChI=1S/C12H18N2O4/c15-11-7-13(3-4-14(11)9-1-2-9)12(16)10-8-17-5-6-18-10/h9-10H,1-8H2. The van der Waals surface area contributed by atoms with Gasteiger partial charge in [0.1, 0.15) is 0 Å². The molecule has 0 spiro atoms. The van der Waals surface area contributed by atoms with Crippen LogP contribution >= 0.6 is 0 Å². The van der Waals surface area contributed by atoms with Crippen LogP contribution in [-0.4, -0.2) is 73.2 Å². The van der Waals surface area contributed by atoms with Crippen LogP contribution in [0.1, 0.15) is 12.8 Å². The molecule has 3 aliphatic rings. The largest absolute Gasteiger partial charge is 0.376 e. The normalized spacial score (nSPS) is 29.6. The Morgan fingerprint density at radius 3 is 2.67 bits per heavy atom. The monoisotopic (exact) mass is 254 g/mol. The molecule has 2 saturated heterocycles. The number of hydrogen-bond acceptors (Lipinski definition) is 4. The van der Waals surface area contributed by atoms with Crippen molar-refractivity contribution in [3.8, 4) is 0 Å². The van der Waals surface area contributed by atoms with Crippen LogP contribution in [0, 0.1) is 0 Å². The van der Waals surface area contributed by atoms with Gasteiger partial charge in [-0.1, -0.05) is 0 Å². The van der Waals surface area contributed by atoms with Gasteiger partial charge in [0, 0.05) is 19.1 Å². The molecule has 0 aromatic rings. The van der Waals surface area contributed by atoms with Crippen molar-refractivity contribution >= 4 is 11.8 Å². The SMILES string of the molecule is O=C(C1COCCO1)N1CCN(C2CC2)C(=O)C1. The first-order chi connectivity index (χ1) is 8.75. The summed E-state index contributed by atoms with van der Waals surface area (Å²) in [4.78, 5) is 27.6. The first-order valence-corrected chi connectivity index (χ1v) is 6.53. The highest BCUT2D eigenvalue weighted by Gasteiger charge is 2.38. The Kier molecular flexibility index (Phi) is 3.22. The molecule has 2 aliphatic heterocycles. The molecule has 18 heavy (non-hydrogen) atoms. The van der Waals surface area contributed by atoms with E-state index in [9.17, 15) is 9.59 Å². The van der Waals surface area contributed by atoms with Gasteiger partial charge in [0.2, 0.25) is 5.91 Å². The maximum Gasteiger partial charge on any atom is 0.254 e. The Bertz CT molecular complexity index is 350. The summed E-state index contributed by atoms with van der Waals surface area (Å²) in [5.74, 6) is -0.0488. The molecule has 0 N–H and O–H groups in total. The number of carbonyl (C=O) groups excluding carboxylic acids is 2. The lowest BCUT2D eigenvalue weighted by atomic mass is 10.2. The maximum atomic E-state index is 12.1. The molecule has 3 rings (SSSR count). The van der Waals surface area contributed by atoms with Crippen molar-refractivity contribution in [2.24, 2.45) is 0 Å². The van der Waals surface area contributed by atoms with Crippen molar-refractivity contribution < 1.29 is 19.1 Å². The van der Waals surface area contributed by atoms with Gasteiger partial charge in [-0.25, -0.2) is 0 Å². The van der Waals surface area contributed by atoms with Crippen LogP contribution in [0.4, 0.5) is 0 Å². The molecule has 0 radical (unpaired) electrons. The number of amides is 2. The number of nitrogens with zero attached hydrogens (tertiary/aromatic N) is 2. The van der Waals surface area contributed by atoms with Crippen LogP contribution in [0.2, 0.25) is 0 Å². The van der Waals surface area contributed by atoms with Gasteiger partial charge in [-0.2, -0.15) is 0 Å². The minimum atomic E-state index is -0.529. The third-order valence-corrected chi connectivity index (χ3v) is 3.65. The maximum absolute atomic E-state index is 12.1. The summed E-state index contributed by atoms with van der Waals surface area (Å²) in [6, 6.07) is 0.434. The molecule has 2 amide bonds. The van der Waals surface area contributed by atoms with Gasteiger partial charge in [0.25, 0.3) is 5.91 Å². The molecule has 6 nitrogen and oxygen atoms in total. The summed E-state index contributed by atoms with van der Waals surface area (Å²) in [6.45, 7) is 2.75. The van der Waals surface area contributed by atoms with Crippen molar-refractivity contribution in [2.45, 2.75) is 25.0 Å². The van der Waals surface area contributed by atoms with Gasteiger partial charge in [-0.15, -0.1) is 0 Å². The summed E-state index contributed by atoms with van der Waals surface area (Å²) >= 11 is 0. The van der Waals surface area contributed by atoms with Crippen LogP contribution in [0.5, 0.6) is 0 Å². The first kappa shape index (κ1) is 11.9. The fourth-order valence-electron chi connectivity index (χ4n) is 2.48. The molecule has 1 unspecified atom stereocenters. The van der Waals surface area contributed by atoms with Crippen molar-refractivity contribution in [3.63, 3.8) is 0 Å². The highest BCUT2D eigenvalue weighted by molar-refractivity contribution is 5.88. The van der Waals surface area contributed by atoms with Crippen molar-refractivity contribution in [1.29, 1.82) is 0 Å². The number of ether oxygens (including phenoxy) is 2. The Hall–Kier alpha value is -1.14. The molecule has 0 aromatic carbocycles. The molecule has 0 bridgehead atoms. The van der Waals surface area contributed by atoms with E-state index < -0.39 is 6.10 Å². The minimum Gasteiger partial charge on any atom is -0.376 e. The minimum absolute atomic E-state index is 0.0637. The first-order valence-electron chi connectivity index (χ1n) is 6.53. The molecule has 1 aliphatic carbocycles. The van der Waals surface area contributed by atoms with E-state index in [0.29, 0.717) is 39.0 Å². The Morgan fingerprint density at radius 2 is 2.06 bits per heavy atom. The second-order valence-electron chi connectivity index (χ2n) is 5.01. The van der Waals surface area contributed by atoms with Crippen molar-refractivity contribution in [2.75, 3.05) is 39.5 Å². The molecule has 3 fully saturated rings. The van der Waals surface area contributed by atoms with E-state index in [0.717, 1.165) is 12.8 Å². The van der Waals surface area contributed by atoms with Crippen molar-refractivity contribution in [3.05, 3.63) is 0 Å². The highest BCUT2D eigenvalue weighted by atomic mass is 16.6. The molecular formula is C12H18N2O4. The summed E-state index contributed by atoms with van der Waals surface area (Å²) in [6.07, 6.45) is 1.69. The van der Waals surface area contributed by atoms with Crippen molar-refractivity contribution in [1.82, 2.24) is 9.80 Å². The molecule has 1 saturated carbocycles. The molecular weight excluding hydrogens is 236 g/mol. The zero-order chi connectivity index (χ0) is 12.5. The van der Waals surface area contributed by atoms with Crippen LogP contribution < -0.4 is 0 Å². The van der Waals surface area contributed by atoms with Gasteiger partial charge in [-0.05, 0) is 12.8 Å². The van der Waals surface area contributed by atoms with E-state index >= 15 is 0 Å². The zero-order valence-corrected chi connectivity index (χ0v) is 10.3. The van der Waals surface area contributed by atoms with Crippen LogP contribution in [0.3, 0.4) is 0 Å². The van der Waals surface area contributed by atoms with Gasteiger partial charge in [0.15, 0.2) is 6.10 Å². The topological polar surface area (TPSA) is 59.1 Å². The quantitative estimate of drug-likeness (QED) is 0.649. The molecule has 0 aromatic heterocycles. The van der Waals surface area contributed by atoms with E-state index in [1.807, 2.05) is 4.90 Å². The summed E-state index contributed by atoms with van der Waals surface area (Å²) in [5, 5.41) is 0. The average Bonchev–Trinajstić information content (AvgIpc) is 3.23. The van der Waals surface area contributed by atoms with Crippen LogP contribution in [-0.2, 0) is 19.1 Å². The van der Waals surface area contributed by atoms with Gasteiger partial charge >= 0.3 is 0 Å². The fourth-order valence-corrected chi connectivity index (χ4v) is 2.48. The highest BCUT2D eigenvalue weighted by Crippen LogP contribution is 2.28. The lowest BCUT2D eigenvalue weighted by molar-refractivity contribution is -0.163. The Balaban J connectivity index is 1.56. The lowest BCUT2D eigenvalue weighted by Gasteiger charge is -2.36. The summed E-state index contributed by atoms with van der Waals surface area (Å²) in [5.41, 5.74) is 0. The predicted octanol–water partition coefficient (Wildman–Crippen LogP) is -0.765. The molecule has 6 heteroatoms. The molecule has 100 valence electrons. The Labute approximate surface area is 106 Å². The lowest BCUT2D eigenvalue weighted by Crippen LogP contribution is -2.56. The van der Waals surface area contributed by atoms with E-state index in [1.54, 1.807) is 4.90 Å². The zero-order valence-electron chi connectivity index (χ0n) is 10.3. The van der Waals surface area contributed by atoms with E-state index in [2.05, 4.69) is 0 Å². The summed E-state index contributed by atoms with van der Waals surface area (Å²) < 4.78 is 10.6. The summed E-state index contributed by atoms with van der Waals surface area (Å²) in [7, 11) is 0. The van der Waals surface area contributed by atoms with E-state index in [4.69, 9.17) is 9.47 Å². The van der Waals surface area contributed by atoms with E-state index in [1.165, 1.54) is 0 Å². The van der Waals surface area contributed by atoms with Gasteiger partial charge < -0.3 is 19.3 Å². The van der Waals surface area contributed by atoms with Crippen LogP contribution in [0.25, 0.3) is 0 Å². The third kappa shape index (κ3) is 2.35.